The summed E-state index contributed by atoms with van der Waals surface area (Å²) >= 11 is 2.07. The third-order valence-electron chi connectivity index (χ3n) is 2.51. The minimum Gasteiger partial charge on any atom is -0.314 e. The lowest BCUT2D eigenvalue weighted by atomic mass is 10.1. The normalized spacial score (nSPS) is 38.0. The maximum atomic E-state index is 3.57. The van der Waals surface area contributed by atoms with Gasteiger partial charge < -0.3 is 16.0 Å². The van der Waals surface area contributed by atoms with Crippen LogP contribution >= 0.6 is 11.8 Å². The molecule has 2 aliphatic rings. The predicted molar refractivity (Wildman–Crippen MR) is 53.8 cm³/mol. The van der Waals surface area contributed by atoms with E-state index < -0.39 is 0 Å². The molecule has 0 aromatic carbocycles. The van der Waals surface area contributed by atoms with Crippen molar-refractivity contribution in [2.75, 3.05) is 37.7 Å². The summed E-state index contributed by atoms with van der Waals surface area (Å²) in [7, 11) is 0. The van der Waals surface area contributed by atoms with Gasteiger partial charge in [-0.3, -0.25) is 0 Å². The average Bonchev–Trinajstić information content (AvgIpc) is 2.21. The van der Waals surface area contributed by atoms with Crippen LogP contribution in [0.5, 0.6) is 0 Å². The van der Waals surface area contributed by atoms with Crippen molar-refractivity contribution in [1.82, 2.24) is 16.0 Å². The molecule has 2 aliphatic heterocycles. The second-order valence-electron chi connectivity index (χ2n) is 3.40. The summed E-state index contributed by atoms with van der Waals surface area (Å²) in [6.45, 7) is 4.54. The van der Waals surface area contributed by atoms with Crippen LogP contribution in [-0.2, 0) is 0 Å². The van der Waals surface area contributed by atoms with Gasteiger partial charge in [-0.05, 0) is 0 Å². The van der Waals surface area contributed by atoms with Crippen molar-refractivity contribution in [2.24, 2.45) is 0 Å². The van der Waals surface area contributed by atoms with Crippen LogP contribution in [-0.4, -0.2) is 49.8 Å². The molecule has 0 aromatic heterocycles. The first-order valence-corrected chi connectivity index (χ1v) is 5.87. The first-order chi connectivity index (χ1) is 5.97. The van der Waals surface area contributed by atoms with E-state index in [1.165, 1.54) is 18.1 Å². The van der Waals surface area contributed by atoms with Gasteiger partial charge in [-0.15, -0.1) is 0 Å². The highest BCUT2D eigenvalue weighted by atomic mass is 32.2. The molecule has 12 heavy (non-hydrogen) atoms. The Kier molecular flexibility index (Phi) is 3.28. The van der Waals surface area contributed by atoms with E-state index in [0.717, 1.165) is 19.6 Å². The highest BCUT2D eigenvalue weighted by Crippen LogP contribution is 2.10. The van der Waals surface area contributed by atoms with Crippen LogP contribution in [0.1, 0.15) is 0 Å². The number of rotatable bonds is 1. The molecule has 2 heterocycles. The van der Waals surface area contributed by atoms with Gasteiger partial charge in [0.25, 0.3) is 0 Å². The molecule has 2 rings (SSSR count). The van der Waals surface area contributed by atoms with Crippen molar-refractivity contribution in [1.29, 1.82) is 0 Å². The topological polar surface area (TPSA) is 36.1 Å². The maximum absolute atomic E-state index is 3.57. The fourth-order valence-electron chi connectivity index (χ4n) is 1.80. The third kappa shape index (κ3) is 2.13. The van der Waals surface area contributed by atoms with Crippen molar-refractivity contribution in [3.05, 3.63) is 0 Å². The van der Waals surface area contributed by atoms with Crippen LogP contribution in [0, 0.1) is 0 Å². The van der Waals surface area contributed by atoms with E-state index in [2.05, 4.69) is 27.7 Å². The van der Waals surface area contributed by atoms with Crippen molar-refractivity contribution >= 4 is 11.8 Å². The Bertz CT molecular complexity index is 114. The van der Waals surface area contributed by atoms with Gasteiger partial charge in [0.05, 0.1) is 0 Å². The van der Waals surface area contributed by atoms with Crippen LogP contribution in [0.15, 0.2) is 0 Å². The Labute approximate surface area is 78.1 Å². The van der Waals surface area contributed by atoms with Crippen molar-refractivity contribution in [2.45, 2.75) is 12.1 Å². The largest absolute Gasteiger partial charge is 0.314 e. The highest BCUT2D eigenvalue weighted by molar-refractivity contribution is 7.99. The van der Waals surface area contributed by atoms with Gasteiger partial charge in [-0.1, -0.05) is 0 Å². The minimum atomic E-state index is 0.645. The lowest BCUT2D eigenvalue weighted by Crippen LogP contribution is -2.60. The van der Waals surface area contributed by atoms with E-state index in [1.54, 1.807) is 0 Å². The van der Waals surface area contributed by atoms with Crippen LogP contribution in [0.2, 0.25) is 0 Å². The molecule has 0 bridgehead atoms. The fraction of sp³-hybridized carbons (Fsp3) is 1.00. The SMILES string of the molecule is C1CNC(C2CSCCN2)CN1. The van der Waals surface area contributed by atoms with Gasteiger partial charge in [0, 0.05) is 49.8 Å². The second kappa shape index (κ2) is 4.46. The molecular formula is C8H17N3S. The lowest BCUT2D eigenvalue weighted by molar-refractivity contribution is 0.343. The van der Waals surface area contributed by atoms with Gasteiger partial charge in [0.2, 0.25) is 0 Å². The zero-order chi connectivity index (χ0) is 8.23. The molecule has 0 aromatic rings. The Morgan fingerprint density at radius 2 is 1.92 bits per heavy atom. The third-order valence-corrected chi connectivity index (χ3v) is 3.60. The summed E-state index contributed by atoms with van der Waals surface area (Å²) in [6, 6.07) is 1.32. The summed E-state index contributed by atoms with van der Waals surface area (Å²) < 4.78 is 0. The summed E-state index contributed by atoms with van der Waals surface area (Å²) in [5.74, 6) is 2.54. The number of hydrogen-bond acceptors (Lipinski definition) is 4. The van der Waals surface area contributed by atoms with Crippen LogP contribution in [0.3, 0.4) is 0 Å². The molecular weight excluding hydrogens is 170 g/mol. The number of thioether (sulfide) groups is 1. The van der Waals surface area contributed by atoms with E-state index >= 15 is 0 Å². The Morgan fingerprint density at radius 3 is 2.58 bits per heavy atom. The van der Waals surface area contributed by atoms with Crippen molar-refractivity contribution in [3.63, 3.8) is 0 Å². The monoisotopic (exact) mass is 187 g/mol. The molecule has 2 fully saturated rings. The van der Waals surface area contributed by atoms with E-state index in [4.69, 9.17) is 0 Å². The number of hydrogen-bond donors (Lipinski definition) is 3. The molecule has 4 heteroatoms. The predicted octanol–water partition coefficient (Wildman–Crippen LogP) is -0.747. The van der Waals surface area contributed by atoms with Crippen molar-refractivity contribution < 1.29 is 0 Å². The molecule has 0 radical (unpaired) electrons. The molecule has 0 saturated carbocycles. The molecule has 2 unspecified atom stereocenters. The highest BCUT2D eigenvalue weighted by Gasteiger charge is 2.24. The maximum Gasteiger partial charge on any atom is 0.0355 e. The summed E-state index contributed by atoms with van der Waals surface area (Å²) in [5, 5.41) is 10.5. The average molecular weight is 187 g/mol. The number of piperazine rings is 1. The fourth-order valence-corrected chi connectivity index (χ4v) is 2.84. The molecule has 3 N–H and O–H groups in total. The molecule has 70 valence electrons. The summed E-state index contributed by atoms with van der Waals surface area (Å²) in [4.78, 5) is 0. The summed E-state index contributed by atoms with van der Waals surface area (Å²) in [5.41, 5.74) is 0. The van der Waals surface area contributed by atoms with Crippen LogP contribution in [0.25, 0.3) is 0 Å². The minimum absolute atomic E-state index is 0.645. The van der Waals surface area contributed by atoms with Gasteiger partial charge in [-0.25, -0.2) is 0 Å². The van der Waals surface area contributed by atoms with E-state index in [-0.39, 0.29) is 0 Å². The first-order valence-electron chi connectivity index (χ1n) is 4.72. The standard InChI is InChI=1S/C8H17N3S/c1-2-10-7(5-9-1)8-6-12-4-3-11-8/h7-11H,1-6H2. The zero-order valence-corrected chi connectivity index (χ0v) is 8.12. The van der Waals surface area contributed by atoms with E-state index in [1.807, 2.05) is 0 Å². The first kappa shape index (κ1) is 8.81. The zero-order valence-electron chi connectivity index (χ0n) is 7.31. The van der Waals surface area contributed by atoms with Gasteiger partial charge in [0.1, 0.15) is 0 Å². The van der Waals surface area contributed by atoms with E-state index in [9.17, 15) is 0 Å². The Hall–Kier alpha value is 0.230. The molecule has 0 amide bonds. The molecule has 0 aliphatic carbocycles. The molecule has 3 nitrogen and oxygen atoms in total. The lowest BCUT2D eigenvalue weighted by Gasteiger charge is -2.34. The number of nitrogens with one attached hydrogen (secondary N) is 3. The van der Waals surface area contributed by atoms with Crippen LogP contribution in [0.4, 0.5) is 0 Å². The quantitative estimate of drug-likeness (QED) is 0.505. The molecule has 2 saturated heterocycles. The van der Waals surface area contributed by atoms with Gasteiger partial charge in [0.15, 0.2) is 0 Å². The van der Waals surface area contributed by atoms with Crippen molar-refractivity contribution in [3.8, 4) is 0 Å². The summed E-state index contributed by atoms with van der Waals surface area (Å²) in [6.07, 6.45) is 0. The molecule has 0 spiro atoms. The Morgan fingerprint density at radius 1 is 1.00 bits per heavy atom. The second-order valence-corrected chi connectivity index (χ2v) is 4.55. The van der Waals surface area contributed by atoms with E-state index in [0.29, 0.717) is 12.1 Å². The molecule has 2 atom stereocenters. The Balaban J connectivity index is 1.80. The van der Waals surface area contributed by atoms with Crippen LogP contribution < -0.4 is 16.0 Å². The smallest absolute Gasteiger partial charge is 0.0355 e. The van der Waals surface area contributed by atoms with Gasteiger partial charge in [-0.2, -0.15) is 11.8 Å². The van der Waals surface area contributed by atoms with Gasteiger partial charge >= 0.3 is 0 Å².